The quantitative estimate of drug-likeness (QED) is 0.766. The summed E-state index contributed by atoms with van der Waals surface area (Å²) in [6, 6.07) is 0.244. The van der Waals surface area contributed by atoms with Crippen molar-refractivity contribution in [3.63, 3.8) is 0 Å². The fourth-order valence-electron chi connectivity index (χ4n) is 2.83. The third-order valence-electron chi connectivity index (χ3n) is 4.81. The Morgan fingerprint density at radius 1 is 1.11 bits per heavy atom. The van der Waals surface area contributed by atoms with Crippen molar-refractivity contribution >= 4 is 7.12 Å². The zero-order chi connectivity index (χ0) is 13.6. The van der Waals surface area contributed by atoms with Crippen molar-refractivity contribution < 1.29 is 14.0 Å². The Balaban J connectivity index is 2.09. The minimum absolute atomic E-state index is 0.142. The molecule has 2 rings (SSSR count). The summed E-state index contributed by atoms with van der Waals surface area (Å²) < 4.78 is 17.8. The number of nitrogens with two attached hydrogens (primary N) is 1. The number of ether oxygens (including phenoxy) is 1. The summed E-state index contributed by atoms with van der Waals surface area (Å²) in [5.41, 5.74) is 5.47. The van der Waals surface area contributed by atoms with E-state index in [4.69, 9.17) is 19.8 Å². The zero-order valence-corrected chi connectivity index (χ0v) is 12.2. The summed E-state index contributed by atoms with van der Waals surface area (Å²) in [6.07, 6.45) is 3.07. The number of hydrogen-bond acceptors (Lipinski definition) is 4. The SMILES string of the molecule is COC1CC(N)CCC1B1OC(C)(C)C(C)(C)O1. The van der Waals surface area contributed by atoms with Crippen LogP contribution < -0.4 is 5.73 Å². The normalized spacial score (nSPS) is 39.0. The van der Waals surface area contributed by atoms with Gasteiger partial charge in [-0.2, -0.15) is 0 Å². The van der Waals surface area contributed by atoms with Crippen LogP contribution in [0.1, 0.15) is 47.0 Å². The van der Waals surface area contributed by atoms with Gasteiger partial charge in [0.1, 0.15) is 0 Å². The first-order valence-electron chi connectivity index (χ1n) is 6.91. The van der Waals surface area contributed by atoms with E-state index in [2.05, 4.69) is 27.7 Å². The van der Waals surface area contributed by atoms with Crippen LogP contribution in [-0.2, 0) is 14.0 Å². The van der Waals surface area contributed by atoms with Crippen molar-refractivity contribution in [2.24, 2.45) is 5.73 Å². The van der Waals surface area contributed by atoms with Gasteiger partial charge in [-0.05, 0) is 47.0 Å². The van der Waals surface area contributed by atoms with Gasteiger partial charge in [0, 0.05) is 19.0 Å². The first-order valence-corrected chi connectivity index (χ1v) is 6.91. The standard InChI is InChI=1S/C13H26BNO3/c1-12(2)13(3,4)18-14(17-12)10-7-6-9(15)8-11(10)16-5/h9-11H,6-8,15H2,1-5H3. The minimum Gasteiger partial charge on any atom is -0.403 e. The van der Waals surface area contributed by atoms with E-state index in [-0.39, 0.29) is 36.3 Å². The Labute approximate surface area is 111 Å². The van der Waals surface area contributed by atoms with E-state index in [1.165, 1.54) is 0 Å². The van der Waals surface area contributed by atoms with Gasteiger partial charge in [0.25, 0.3) is 0 Å². The Bertz CT molecular complexity index is 293. The minimum atomic E-state index is -0.268. The van der Waals surface area contributed by atoms with E-state index in [1.807, 2.05) is 0 Å². The molecule has 4 nitrogen and oxygen atoms in total. The molecule has 104 valence electrons. The monoisotopic (exact) mass is 255 g/mol. The number of methoxy groups -OCH3 is 1. The van der Waals surface area contributed by atoms with Gasteiger partial charge in [-0.15, -0.1) is 0 Å². The highest BCUT2D eigenvalue weighted by molar-refractivity contribution is 6.47. The lowest BCUT2D eigenvalue weighted by Gasteiger charge is -2.34. The van der Waals surface area contributed by atoms with Gasteiger partial charge in [-0.25, -0.2) is 0 Å². The van der Waals surface area contributed by atoms with Crippen LogP contribution in [0.2, 0.25) is 5.82 Å². The average molecular weight is 255 g/mol. The summed E-state index contributed by atoms with van der Waals surface area (Å²) in [5.74, 6) is 0.288. The van der Waals surface area contributed by atoms with Gasteiger partial charge in [0.05, 0.1) is 17.3 Å². The Morgan fingerprint density at radius 2 is 1.67 bits per heavy atom. The molecule has 3 atom stereocenters. The molecule has 1 saturated heterocycles. The number of rotatable bonds is 2. The van der Waals surface area contributed by atoms with Gasteiger partial charge >= 0.3 is 7.12 Å². The second-order valence-corrected chi connectivity index (χ2v) is 6.64. The van der Waals surface area contributed by atoms with Crippen LogP contribution in [0.25, 0.3) is 0 Å². The molecular formula is C13H26BNO3. The molecule has 3 unspecified atom stereocenters. The van der Waals surface area contributed by atoms with Crippen molar-refractivity contribution in [2.75, 3.05) is 7.11 Å². The van der Waals surface area contributed by atoms with Crippen LogP contribution in [0.3, 0.4) is 0 Å². The van der Waals surface area contributed by atoms with Gasteiger partial charge in [0.15, 0.2) is 0 Å². The van der Waals surface area contributed by atoms with Gasteiger partial charge in [0.2, 0.25) is 0 Å². The fraction of sp³-hybridized carbons (Fsp3) is 1.00. The molecule has 0 radical (unpaired) electrons. The molecule has 0 aromatic heterocycles. The Hall–Kier alpha value is -0.0951. The van der Waals surface area contributed by atoms with E-state index in [0.717, 1.165) is 19.3 Å². The molecule has 1 heterocycles. The van der Waals surface area contributed by atoms with Crippen LogP contribution in [0, 0.1) is 0 Å². The fourth-order valence-corrected chi connectivity index (χ4v) is 2.83. The zero-order valence-electron chi connectivity index (χ0n) is 12.2. The van der Waals surface area contributed by atoms with Crippen molar-refractivity contribution in [3.05, 3.63) is 0 Å². The molecule has 2 fully saturated rings. The lowest BCUT2D eigenvalue weighted by molar-refractivity contribution is 0.00578. The highest BCUT2D eigenvalue weighted by Crippen LogP contribution is 2.44. The van der Waals surface area contributed by atoms with Crippen molar-refractivity contribution in [1.82, 2.24) is 0 Å². The molecular weight excluding hydrogens is 229 g/mol. The molecule has 0 aromatic carbocycles. The maximum atomic E-state index is 6.13. The van der Waals surface area contributed by atoms with Crippen LogP contribution in [0.15, 0.2) is 0 Å². The molecule has 1 aliphatic heterocycles. The van der Waals surface area contributed by atoms with Crippen LogP contribution >= 0.6 is 0 Å². The highest BCUT2D eigenvalue weighted by atomic mass is 16.7. The summed E-state index contributed by atoms with van der Waals surface area (Å²) >= 11 is 0. The molecule has 18 heavy (non-hydrogen) atoms. The third-order valence-corrected chi connectivity index (χ3v) is 4.81. The first kappa shape index (κ1) is 14.3. The Morgan fingerprint density at radius 3 is 2.17 bits per heavy atom. The smallest absolute Gasteiger partial charge is 0.403 e. The van der Waals surface area contributed by atoms with E-state index in [1.54, 1.807) is 7.11 Å². The molecule has 2 aliphatic rings. The highest BCUT2D eigenvalue weighted by Gasteiger charge is 2.55. The van der Waals surface area contributed by atoms with Crippen LogP contribution in [0.4, 0.5) is 0 Å². The third kappa shape index (κ3) is 2.46. The predicted molar refractivity (Wildman–Crippen MR) is 72.5 cm³/mol. The summed E-state index contributed by atoms with van der Waals surface area (Å²) in [4.78, 5) is 0. The molecule has 0 bridgehead atoms. The first-order chi connectivity index (χ1) is 8.27. The molecule has 1 aliphatic carbocycles. The van der Waals surface area contributed by atoms with Gasteiger partial charge < -0.3 is 19.8 Å². The van der Waals surface area contributed by atoms with Crippen molar-refractivity contribution in [1.29, 1.82) is 0 Å². The van der Waals surface area contributed by atoms with Gasteiger partial charge in [-0.3, -0.25) is 0 Å². The van der Waals surface area contributed by atoms with Gasteiger partial charge in [-0.1, -0.05) is 0 Å². The van der Waals surface area contributed by atoms with E-state index < -0.39 is 0 Å². The van der Waals surface area contributed by atoms with Crippen LogP contribution in [-0.4, -0.2) is 37.6 Å². The summed E-state index contributed by atoms with van der Waals surface area (Å²) in [7, 11) is 1.58. The number of hydrogen-bond donors (Lipinski definition) is 1. The molecule has 5 heteroatoms. The van der Waals surface area contributed by atoms with Crippen LogP contribution in [0.5, 0.6) is 0 Å². The Kier molecular flexibility index (Phi) is 3.80. The second kappa shape index (κ2) is 4.78. The maximum absolute atomic E-state index is 6.13. The summed E-state index contributed by atoms with van der Waals surface area (Å²) in [5, 5.41) is 0. The van der Waals surface area contributed by atoms with E-state index in [0.29, 0.717) is 0 Å². The lowest BCUT2D eigenvalue weighted by atomic mass is 9.62. The largest absolute Gasteiger partial charge is 0.463 e. The van der Waals surface area contributed by atoms with E-state index in [9.17, 15) is 0 Å². The molecule has 2 N–H and O–H groups in total. The average Bonchev–Trinajstić information content (AvgIpc) is 2.47. The molecule has 0 spiro atoms. The molecule has 0 amide bonds. The lowest BCUT2D eigenvalue weighted by Crippen LogP contribution is -2.42. The summed E-state index contributed by atoms with van der Waals surface area (Å²) in [6.45, 7) is 8.35. The molecule has 1 saturated carbocycles. The van der Waals surface area contributed by atoms with Crippen molar-refractivity contribution in [2.45, 2.75) is 76.1 Å². The maximum Gasteiger partial charge on any atom is 0.463 e. The second-order valence-electron chi connectivity index (χ2n) is 6.64. The predicted octanol–water partition coefficient (Wildman–Crippen LogP) is 1.97. The molecule has 0 aromatic rings. The topological polar surface area (TPSA) is 53.7 Å². The van der Waals surface area contributed by atoms with E-state index >= 15 is 0 Å². The van der Waals surface area contributed by atoms with Crippen molar-refractivity contribution in [3.8, 4) is 0 Å².